The van der Waals surface area contributed by atoms with E-state index in [1.807, 2.05) is 0 Å². The third-order valence-electron chi connectivity index (χ3n) is 2.81. The lowest BCUT2D eigenvalue weighted by Gasteiger charge is -2.24. The first-order valence-electron chi connectivity index (χ1n) is 6.38. The van der Waals surface area contributed by atoms with Gasteiger partial charge >= 0.3 is 5.97 Å². The van der Waals surface area contributed by atoms with Crippen LogP contribution in [-0.4, -0.2) is 37.7 Å². The summed E-state index contributed by atoms with van der Waals surface area (Å²) in [6.07, 6.45) is 0.958. The summed E-state index contributed by atoms with van der Waals surface area (Å²) in [7, 11) is 1.44. The number of ether oxygens (including phenoxy) is 1. The van der Waals surface area contributed by atoms with E-state index in [2.05, 4.69) is 45.3 Å². The molecule has 0 aliphatic carbocycles. The van der Waals surface area contributed by atoms with Crippen molar-refractivity contribution in [1.82, 2.24) is 10.6 Å². The van der Waals surface area contributed by atoms with Crippen LogP contribution in [0.3, 0.4) is 0 Å². The van der Waals surface area contributed by atoms with Gasteiger partial charge in [-0.25, -0.2) is 0 Å². The van der Waals surface area contributed by atoms with Crippen LogP contribution in [-0.2, 0) is 9.53 Å². The molecule has 0 rings (SSSR count). The Morgan fingerprint density at radius 3 is 2.29 bits per heavy atom. The van der Waals surface area contributed by atoms with Crippen molar-refractivity contribution in [1.29, 1.82) is 0 Å². The highest BCUT2D eigenvalue weighted by molar-refractivity contribution is 5.75. The fourth-order valence-electron chi connectivity index (χ4n) is 1.54. The fourth-order valence-corrected chi connectivity index (χ4v) is 1.54. The van der Waals surface area contributed by atoms with Crippen LogP contribution in [0.5, 0.6) is 0 Å². The van der Waals surface area contributed by atoms with Crippen molar-refractivity contribution in [2.75, 3.05) is 20.2 Å². The summed E-state index contributed by atoms with van der Waals surface area (Å²) < 4.78 is 4.81. The molecular weight excluding hydrogens is 216 g/mol. The van der Waals surface area contributed by atoms with Crippen molar-refractivity contribution in [3.63, 3.8) is 0 Å². The van der Waals surface area contributed by atoms with Gasteiger partial charge in [-0.15, -0.1) is 0 Å². The zero-order valence-corrected chi connectivity index (χ0v) is 12.1. The molecule has 0 aromatic heterocycles. The molecule has 0 saturated heterocycles. The Morgan fingerprint density at radius 2 is 1.88 bits per heavy atom. The van der Waals surface area contributed by atoms with E-state index >= 15 is 0 Å². The van der Waals surface area contributed by atoms with Crippen molar-refractivity contribution < 1.29 is 9.53 Å². The van der Waals surface area contributed by atoms with Crippen molar-refractivity contribution in [2.24, 2.45) is 5.92 Å². The van der Waals surface area contributed by atoms with Crippen LogP contribution in [0.15, 0.2) is 0 Å². The van der Waals surface area contributed by atoms with Crippen LogP contribution >= 0.6 is 0 Å². The number of nitrogens with one attached hydrogen (secondary N) is 2. The largest absolute Gasteiger partial charge is 0.468 e. The van der Waals surface area contributed by atoms with Crippen LogP contribution in [0.25, 0.3) is 0 Å². The predicted octanol–water partition coefficient (Wildman–Crippen LogP) is 1.55. The topological polar surface area (TPSA) is 50.4 Å². The Balaban J connectivity index is 4.05. The molecule has 2 atom stereocenters. The van der Waals surface area contributed by atoms with Gasteiger partial charge in [-0.1, -0.05) is 20.3 Å². The van der Waals surface area contributed by atoms with Gasteiger partial charge < -0.3 is 15.4 Å². The summed E-state index contributed by atoms with van der Waals surface area (Å²) in [5, 5.41) is 6.63. The molecule has 0 fully saturated rings. The molecule has 4 heteroatoms. The van der Waals surface area contributed by atoms with E-state index < -0.39 is 0 Å². The summed E-state index contributed by atoms with van der Waals surface area (Å²) in [4.78, 5) is 11.6. The molecule has 102 valence electrons. The minimum absolute atomic E-state index is 0.110. The van der Waals surface area contributed by atoms with E-state index in [9.17, 15) is 4.79 Å². The van der Waals surface area contributed by atoms with E-state index in [1.54, 1.807) is 0 Å². The van der Waals surface area contributed by atoms with Crippen molar-refractivity contribution in [2.45, 2.75) is 52.6 Å². The van der Waals surface area contributed by atoms with E-state index in [1.165, 1.54) is 7.11 Å². The lowest BCUT2D eigenvalue weighted by Crippen LogP contribution is -2.47. The molecule has 17 heavy (non-hydrogen) atoms. The molecule has 2 unspecified atom stereocenters. The maximum Gasteiger partial charge on any atom is 0.323 e. The highest BCUT2D eigenvalue weighted by atomic mass is 16.5. The summed E-state index contributed by atoms with van der Waals surface area (Å²) in [5.74, 6) is 0.118. The van der Waals surface area contributed by atoms with Gasteiger partial charge in [0, 0.05) is 18.6 Å². The summed E-state index contributed by atoms with van der Waals surface area (Å²) >= 11 is 0. The number of esters is 1. The fraction of sp³-hybridized carbons (Fsp3) is 0.923. The average Bonchev–Trinajstić information content (AvgIpc) is 2.26. The lowest BCUT2D eigenvalue weighted by molar-refractivity contribution is -0.144. The molecule has 4 nitrogen and oxygen atoms in total. The van der Waals surface area contributed by atoms with Crippen molar-refractivity contribution in [3.8, 4) is 0 Å². The van der Waals surface area contributed by atoms with Crippen molar-refractivity contribution in [3.05, 3.63) is 0 Å². The molecule has 0 aromatic carbocycles. The van der Waals surface area contributed by atoms with Crippen molar-refractivity contribution >= 4 is 5.97 Å². The van der Waals surface area contributed by atoms with Gasteiger partial charge in [0.05, 0.1) is 7.11 Å². The lowest BCUT2D eigenvalue weighted by atomic mass is 9.99. The molecular formula is C13H28N2O2. The van der Waals surface area contributed by atoms with Crippen LogP contribution in [0.4, 0.5) is 0 Å². The summed E-state index contributed by atoms with van der Waals surface area (Å²) in [6, 6.07) is -0.202. The number of methoxy groups -OCH3 is 1. The molecule has 2 N–H and O–H groups in total. The van der Waals surface area contributed by atoms with Gasteiger partial charge in [-0.05, 0) is 26.7 Å². The normalized spacial score (nSPS) is 15.4. The Labute approximate surface area is 105 Å². The third-order valence-corrected chi connectivity index (χ3v) is 2.81. The number of carbonyl (C=O) groups excluding carboxylic acids is 1. The first-order chi connectivity index (χ1) is 7.81. The molecule has 0 radical (unpaired) electrons. The Bertz CT molecular complexity index is 224. The van der Waals surface area contributed by atoms with Crippen LogP contribution in [0.2, 0.25) is 0 Å². The second-order valence-corrected chi connectivity index (χ2v) is 5.52. The van der Waals surface area contributed by atoms with Gasteiger partial charge in [0.15, 0.2) is 0 Å². The van der Waals surface area contributed by atoms with E-state index in [0.717, 1.165) is 19.5 Å². The molecule has 0 heterocycles. The molecule has 0 amide bonds. The molecule has 0 saturated carbocycles. The predicted molar refractivity (Wildman–Crippen MR) is 71.0 cm³/mol. The zero-order chi connectivity index (χ0) is 13.5. The van der Waals surface area contributed by atoms with Crippen LogP contribution in [0, 0.1) is 5.92 Å². The summed E-state index contributed by atoms with van der Waals surface area (Å²) in [5.41, 5.74) is 0.110. The molecule has 0 aliphatic heterocycles. The van der Waals surface area contributed by atoms with Gasteiger partial charge in [0.25, 0.3) is 0 Å². The zero-order valence-electron chi connectivity index (χ0n) is 12.1. The molecule has 0 aromatic rings. The SMILES string of the molecule is CCC(C)C(NCCNC(C)(C)C)C(=O)OC. The number of carbonyl (C=O) groups is 1. The van der Waals surface area contributed by atoms with E-state index in [-0.39, 0.29) is 23.5 Å². The minimum Gasteiger partial charge on any atom is -0.468 e. The maximum absolute atomic E-state index is 11.6. The Kier molecular flexibility index (Phi) is 7.39. The first-order valence-corrected chi connectivity index (χ1v) is 6.38. The number of hydrogen-bond acceptors (Lipinski definition) is 4. The smallest absolute Gasteiger partial charge is 0.323 e. The third kappa shape index (κ3) is 7.34. The van der Waals surface area contributed by atoms with Gasteiger partial charge in [0.2, 0.25) is 0 Å². The minimum atomic E-state index is -0.202. The quantitative estimate of drug-likeness (QED) is 0.527. The monoisotopic (exact) mass is 244 g/mol. The maximum atomic E-state index is 11.6. The van der Waals surface area contributed by atoms with Crippen LogP contribution in [0.1, 0.15) is 41.0 Å². The highest BCUT2D eigenvalue weighted by Crippen LogP contribution is 2.08. The second-order valence-electron chi connectivity index (χ2n) is 5.52. The Morgan fingerprint density at radius 1 is 1.29 bits per heavy atom. The molecule has 0 aliphatic rings. The molecule has 0 bridgehead atoms. The van der Waals surface area contributed by atoms with Gasteiger partial charge in [0.1, 0.15) is 6.04 Å². The number of hydrogen-bond donors (Lipinski definition) is 2. The second kappa shape index (κ2) is 7.67. The summed E-state index contributed by atoms with van der Waals surface area (Å²) in [6.45, 7) is 12.1. The molecule has 0 spiro atoms. The van der Waals surface area contributed by atoms with Gasteiger partial charge in [-0.3, -0.25) is 4.79 Å². The van der Waals surface area contributed by atoms with E-state index in [4.69, 9.17) is 4.74 Å². The Hall–Kier alpha value is -0.610. The van der Waals surface area contributed by atoms with Gasteiger partial charge in [-0.2, -0.15) is 0 Å². The average molecular weight is 244 g/mol. The van der Waals surface area contributed by atoms with E-state index in [0.29, 0.717) is 0 Å². The highest BCUT2D eigenvalue weighted by Gasteiger charge is 2.23. The standard InChI is InChI=1S/C13H28N2O2/c1-7-10(2)11(12(16)17-6)14-8-9-15-13(3,4)5/h10-11,14-15H,7-9H2,1-6H3. The first kappa shape index (κ1) is 16.4. The number of rotatable bonds is 7. The van der Waals surface area contributed by atoms with Crippen LogP contribution < -0.4 is 10.6 Å².